The number of carbonyl (C=O) groups excluding carboxylic acids is 1. The molecule has 0 aliphatic heterocycles. The van der Waals surface area contributed by atoms with Crippen LogP contribution in [0.4, 0.5) is 0 Å². The topological polar surface area (TPSA) is 70.7 Å². The molecule has 2 aromatic rings. The molecule has 7 heteroatoms. The smallest absolute Gasteiger partial charge is 0.233 e. The van der Waals surface area contributed by atoms with Crippen LogP contribution in [0.1, 0.15) is 39.0 Å². The van der Waals surface area contributed by atoms with Crippen LogP contribution < -0.4 is 5.32 Å². The number of nitrogens with zero attached hydrogens (tertiary/aromatic N) is 2. The Bertz CT molecular complexity index is 682. The van der Waals surface area contributed by atoms with Crippen LogP contribution in [-0.4, -0.2) is 32.4 Å². The molecule has 1 aliphatic carbocycles. The molecule has 0 saturated heterocycles. The highest BCUT2D eigenvalue weighted by atomic mass is 35.5. The maximum atomic E-state index is 12.3. The summed E-state index contributed by atoms with van der Waals surface area (Å²) < 4.78 is 0. The van der Waals surface area contributed by atoms with Gasteiger partial charge in [-0.1, -0.05) is 42.6 Å². The molecule has 1 aliphatic rings. The first kappa shape index (κ1) is 17.3. The Morgan fingerprint density at radius 3 is 2.71 bits per heavy atom. The van der Waals surface area contributed by atoms with Crippen LogP contribution in [0.3, 0.4) is 0 Å². The van der Waals surface area contributed by atoms with E-state index in [-0.39, 0.29) is 11.2 Å². The van der Waals surface area contributed by atoms with Gasteiger partial charge in [0, 0.05) is 16.6 Å². The Morgan fingerprint density at radius 1 is 1.29 bits per heavy atom. The predicted octanol–water partition coefficient (Wildman–Crippen LogP) is 4.05. The molecule has 1 aromatic carbocycles. The standard InChI is InChI=1S/C17H21ClN4OS/c1-11(16(23)19-14-5-3-2-4-6-14)24-17-20-15(21-22-17)12-7-9-13(18)10-8-12/h7-11,14H,2-6H2,1H3,(H,19,23)(H,20,21,22). The first-order chi connectivity index (χ1) is 11.6. The lowest BCUT2D eigenvalue weighted by atomic mass is 9.95. The molecule has 1 unspecified atom stereocenters. The molecular weight excluding hydrogens is 344 g/mol. The van der Waals surface area contributed by atoms with Gasteiger partial charge < -0.3 is 5.32 Å². The van der Waals surface area contributed by atoms with Crippen LogP contribution in [0.2, 0.25) is 5.02 Å². The number of thioether (sulfide) groups is 1. The van der Waals surface area contributed by atoms with Gasteiger partial charge in [-0.3, -0.25) is 9.89 Å². The maximum Gasteiger partial charge on any atom is 0.233 e. The molecule has 1 atom stereocenters. The molecule has 0 spiro atoms. The summed E-state index contributed by atoms with van der Waals surface area (Å²) in [7, 11) is 0. The van der Waals surface area contributed by atoms with E-state index in [4.69, 9.17) is 11.6 Å². The molecule has 0 radical (unpaired) electrons. The minimum atomic E-state index is -0.221. The third-order valence-electron chi connectivity index (χ3n) is 4.19. The number of hydrogen-bond donors (Lipinski definition) is 2. The molecule has 1 fully saturated rings. The van der Waals surface area contributed by atoms with Gasteiger partial charge >= 0.3 is 0 Å². The normalized spacial score (nSPS) is 16.8. The minimum absolute atomic E-state index is 0.0599. The molecule has 2 N–H and O–H groups in total. The van der Waals surface area contributed by atoms with E-state index in [0.29, 0.717) is 22.0 Å². The molecule has 5 nitrogen and oxygen atoms in total. The number of halogens is 1. The highest BCUT2D eigenvalue weighted by molar-refractivity contribution is 8.00. The number of rotatable bonds is 5. The lowest BCUT2D eigenvalue weighted by Gasteiger charge is -2.24. The first-order valence-electron chi connectivity index (χ1n) is 8.27. The summed E-state index contributed by atoms with van der Waals surface area (Å²) in [5.74, 6) is 0.735. The first-order valence-corrected chi connectivity index (χ1v) is 9.53. The number of carbonyl (C=O) groups is 1. The lowest BCUT2D eigenvalue weighted by molar-refractivity contribution is -0.121. The molecule has 3 rings (SSSR count). The van der Waals surface area contributed by atoms with E-state index in [2.05, 4.69) is 20.5 Å². The minimum Gasteiger partial charge on any atom is -0.352 e. The van der Waals surface area contributed by atoms with E-state index < -0.39 is 0 Å². The van der Waals surface area contributed by atoms with Crippen molar-refractivity contribution in [2.24, 2.45) is 0 Å². The van der Waals surface area contributed by atoms with Gasteiger partial charge in [-0.25, -0.2) is 4.98 Å². The van der Waals surface area contributed by atoms with Crippen LogP contribution in [0.5, 0.6) is 0 Å². The molecule has 1 saturated carbocycles. The Hall–Kier alpha value is -1.53. The summed E-state index contributed by atoms with van der Waals surface area (Å²) in [6.07, 6.45) is 5.87. The van der Waals surface area contributed by atoms with E-state index in [9.17, 15) is 4.79 Å². The highest BCUT2D eigenvalue weighted by Gasteiger charge is 2.21. The van der Waals surface area contributed by atoms with Crippen LogP contribution in [-0.2, 0) is 4.79 Å². The van der Waals surface area contributed by atoms with Crippen LogP contribution in [0.25, 0.3) is 11.4 Å². The SMILES string of the molecule is CC(Sc1n[nH]c(-c2ccc(Cl)cc2)n1)C(=O)NC1CCCCC1. The zero-order valence-electron chi connectivity index (χ0n) is 13.6. The van der Waals surface area contributed by atoms with Gasteiger partial charge in [-0.15, -0.1) is 5.10 Å². The summed E-state index contributed by atoms with van der Waals surface area (Å²) >= 11 is 7.26. The van der Waals surface area contributed by atoms with Gasteiger partial charge in [0.25, 0.3) is 0 Å². The number of aromatic nitrogens is 3. The maximum absolute atomic E-state index is 12.3. The summed E-state index contributed by atoms with van der Waals surface area (Å²) in [5.41, 5.74) is 0.915. The zero-order valence-corrected chi connectivity index (χ0v) is 15.2. The number of H-pyrrole nitrogens is 1. The van der Waals surface area contributed by atoms with Crippen LogP contribution in [0.15, 0.2) is 29.4 Å². The van der Waals surface area contributed by atoms with E-state index in [1.165, 1.54) is 31.0 Å². The Kier molecular flexibility index (Phi) is 5.79. The Balaban J connectivity index is 1.57. The average molecular weight is 365 g/mol. The number of amides is 1. The van der Waals surface area contributed by atoms with Crippen LogP contribution in [0, 0.1) is 0 Å². The van der Waals surface area contributed by atoms with E-state index >= 15 is 0 Å². The fourth-order valence-corrected chi connectivity index (χ4v) is 3.67. The van der Waals surface area contributed by atoms with Crippen molar-refractivity contribution >= 4 is 29.3 Å². The number of aromatic amines is 1. The number of nitrogens with one attached hydrogen (secondary N) is 2. The van der Waals surface area contributed by atoms with Crippen molar-refractivity contribution in [3.63, 3.8) is 0 Å². The lowest BCUT2D eigenvalue weighted by Crippen LogP contribution is -2.40. The second-order valence-corrected chi connectivity index (χ2v) is 7.82. The average Bonchev–Trinajstić information content (AvgIpc) is 3.05. The molecule has 1 amide bonds. The monoisotopic (exact) mass is 364 g/mol. The second kappa shape index (κ2) is 8.03. The fourth-order valence-electron chi connectivity index (χ4n) is 2.81. The van der Waals surface area contributed by atoms with Crippen molar-refractivity contribution in [2.45, 2.75) is 55.5 Å². The molecule has 0 bridgehead atoms. The van der Waals surface area contributed by atoms with E-state index in [0.717, 1.165) is 18.4 Å². The summed E-state index contributed by atoms with van der Waals surface area (Å²) in [5, 5.41) is 11.3. The van der Waals surface area contributed by atoms with Gasteiger partial charge in [0.1, 0.15) is 0 Å². The van der Waals surface area contributed by atoms with Crippen molar-refractivity contribution in [1.29, 1.82) is 0 Å². The largest absolute Gasteiger partial charge is 0.352 e. The highest BCUT2D eigenvalue weighted by Crippen LogP contribution is 2.24. The quantitative estimate of drug-likeness (QED) is 0.785. The van der Waals surface area contributed by atoms with Crippen molar-refractivity contribution in [1.82, 2.24) is 20.5 Å². The summed E-state index contributed by atoms with van der Waals surface area (Å²) in [6.45, 7) is 1.89. The van der Waals surface area contributed by atoms with Crippen molar-refractivity contribution < 1.29 is 4.79 Å². The van der Waals surface area contributed by atoms with Crippen molar-refractivity contribution in [3.05, 3.63) is 29.3 Å². The van der Waals surface area contributed by atoms with Gasteiger partial charge in [0.15, 0.2) is 5.82 Å². The molecular formula is C17H21ClN4OS. The summed E-state index contributed by atoms with van der Waals surface area (Å²) in [4.78, 5) is 16.8. The van der Waals surface area contributed by atoms with Gasteiger partial charge in [0.2, 0.25) is 11.1 Å². The van der Waals surface area contributed by atoms with Crippen molar-refractivity contribution in [3.8, 4) is 11.4 Å². The molecule has 24 heavy (non-hydrogen) atoms. The van der Waals surface area contributed by atoms with Crippen molar-refractivity contribution in [2.75, 3.05) is 0 Å². The Labute approximate surface area is 151 Å². The molecule has 128 valence electrons. The van der Waals surface area contributed by atoms with E-state index in [1.54, 1.807) is 0 Å². The second-order valence-electron chi connectivity index (χ2n) is 6.08. The summed E-state index contributed by atoms with van der Waals surface area (Å²) in [6, 6.07) is 7.72. The third kappa shape index (κ3) is 4.51. The van der Waals surface area contributed by atoms with Crippen LogP contribution >= 0.6 is 23.4 Å². The van der Waals surface area contributed by atoms with E-state index in [1.807, 2.05) is 31.2 Å². The van der Waals surface area contributed by atoms with Gasteiger partial charge in [-0.05, 0) is 44.0 Å². The fraction of sp³-hybridized carbons (Fsp3) is 0.471. The number of benzene rings is 1. The van der Waals surface area contributed by atoms with Gasteiger partial charge in [0.05, 0.1) is 5.25 Å². The van der Waals surface area contributed by atoms with Gasteiger partial charge in [-0.2, -0.15) is 0 Å². The molecule has 1 aromatic heterocycles. The Morgan fingerprint density at radius 2 is 2.00 bits per heavy atom. The predicted molar refractivity (Wildman–Crippen MR) is 97.2 cm³/mol. The zero-order chi connectivity index (χ0) is 16.9. The number of hydrogen-bond acceptors (Lipinski definition) is 4. The third-order valence-corrected chi connectivity index (χ3v) is 5.40. The molecule has 1 heterocycles.